The van der Waals surface area contributed by atoms with Gasteiger partial charge in [-0.25, -0.2) is 19.6 Å². The second-order valence-corrected chi connectivity index (χ2v) is 18.9. The van der Waals surface area contributed by atoms with Crippen molar-refractivity contribution in [2.45, 2.75) is 103 Å². The maximum Gasteiger partial charge on any atom is 0.306 e. The number of imidazole rings is 1. The molecule has 4 aromatic carbocycles. The van der Waals surface area contributed by atoms with Crippen molar-refractivity contribution in [3.63, 3.8) is 0 Å². The van der Waals surface area contributed by atoms with Crippen LogP contribution in [-0.4, -0.2) is 100 Å². The number of ether oxygens (including phenoxy) is 5. The van der Waals surface area contributed by atoms with Gasteiger partial charge < -0.3 is 42.8 Å². The highest BCUT2D eigenvalue weighted by atomic mass is 31.2. The first-order valence-corrected chi connectivity index (χ1v) is 24.8. The molecule has 1 aliphatic rings. The van der Waals surface area contributed by atoms with E-state index in [1.54, 1.807) is 44.8 Å². The number of fused-ring (bicyclic) bond motifs is 1. The number of nitrogens with zero attached hydrogens (tertiary/aromatic N) is 5. The highest BCUT2D eigenvalue weighted by Crippen LogP contribution is 2.51. The summed E-state index contributed by atoms with van der Waals surface area (Å²) in [7, 11) is 1.59. The van der Waals surface area contributed by atoms with Crippen molar-refractivity contribution >= 4 is 43.2 Å². The van der Waals surface area contributed by atoms with Gasteiger partial charge in [0.2, 0.25) is 0 Å². The van der Waals surface area contributed by atoms with Gasteiger partial charge in [-0.05, 0) is 101 Å². The van der Waals surface area contributed by atoms with Gasteiger partial charge in [0.15, 0.2) is 17.0 Å². The normalized spacial score (nSPS) is 16.5. The number of methoxy groups -OCH3 is 2. The number of nitrogens with one attached hydrogen (secondary N) is 1. The van der Waals surface area contributed by atoms with Crippen molar-refractivity contribution in [3.8, 4) is 11.5 Å². The average molecular weight is 975 g/mol. The molecule has 1 saturated heterocycles. The smallest absolute Gasteiger partial charge is 0.306 e. The maximum absolute atomic E-state index is 13.3. The van der Waals surface area contributed by atoms with Gasteiger partial charge in [0.1, 0.15) is 41.5 Å². The highest BCUT2D eigenvalue weighted by molar-refractivity contribution is 7.44. The van der Waals surface area contributed by atoms with Gasteiger partial charge in [-0.3, -0.25) is 14.2 Å². The van der Waals surface area contributed by atoms with Crippen LogP contribution in [0.2, 0.25) is 0 Å². The van der Waals surface area contributed by atoms with E-state index in [1.807, 2.05) is 77.4 Å². The fourth-order valence-corrected chi connectivity index (χ4v) is 10.3. The first-order chi connectivity index (χ1) is 33.9. The molecule has 2 aromatic heterocycles. The van der Waals surface area contributed by atoms with Crippen molar-refractivity contribution in [1.29, 1.82) is 0 Å². The molecule has 1 N–H and O–H groups in total. The quantitative estimate of drug-likeness (QED) is 0.0248. The molecule has 0 aliphatic carbocycles. The lowest BCUT2D eigenvalue weighted by molar-refractivity contribution is -0.144. The predicted molar refractivity (Wildman–Crippen MR) is 266 cm³/mol. The summed E-state index contributed by atoms with van der Waals surface area (Å²) in [4.78, 5) is 50.5. The molecule has 0 bridgehead atoms. The third-order valence-corrected chi connectivity index (χ3v) is 14.1. The molecular formula is C53H63N6O10P. The van der Waals surface area contributed by atoms with Crippen LogP contribution in [0.1, 0.15) is 100.0 Å². The number of benzene rings is 4. The van der Waals surface area contributed by atoms with E-state index in [0.29, 0.717) is 54.1 Å². The second kappa shape index (κ2) is 24.6. The number of rotatable bonds is 25. The standard InChI is InChI=1S/C53H63N6O10P/c1-36(2)59(37(3)4)70(67-31-15-14-30-65-48(61)29-20-38(5)60)69-45-32-47(58-35-56-49-50(54-34-55-51(49)58)57-52(62)39-16-10-8-11-17-39)68-46(45)33-66-53(40-18-12-9-13-19-40,41-21-25-43(63-6)26-22-41)42-23-27-44(64-7)28-24-42/h8-13,16-19,21-28,34-37,45-47H,14-15,20,29-33H2,1-7H3,(H,54,55,57,62)/t45-,46+,47+,70?/m0/s1. The predicted octanol–water partition coefficient (Wildman–Crippen LogP) is 9.83. The number of aromatic nitrogens is 4. The van der Waals surface area contributed by atoms with E-state index in [9.17, 15) is 14.4 Å². The summed E-state index contributed by atoms with van der Waals surface area (Å²) in [5.41, 5.74) is 2.80. The van der Waals surface area contributed by atoms with Gasteiger partial charge in [0.05, 0.1) is 52.9 Å². The lowest BCUT2D eigenvalue weighted by Gasteiger charge is -2.39. The zero-order valence-corrected chi connectivity index (χ0v) is 41.8. The fourth-order valence-electron chi connectivity index (χ4n) is 8.46. The Balaban J connectivity index is 1.23. The Kier molecular flexibility index (Phi) is 18.2. The Hall–Kier alpha value is -6.13. The summed E-state index contributed by atoms with van der Waals surface area (Å²) >= 11 is 0. The van der Waals surface area contributed by atoms with Gasteiger partial charge in [0.25, 0.3) is 14.4 Å². The zero-order valence-electron chi connectivity index (χ0n) is 40.9. The van der Waals surface area contributed by atoms with Crippen molar-refractivity contribution in [3.05, 3.63) is 144 Å². The fraction of sp³-hybridized carbons (Fsp3) is 0.396. The lowest BCUT2D eigenvalue weighted by Crippen LogP contribution is -2.39. The molecule has 0 radical (unpaired) electrons. The van der Waals surface area contributed by atoms with Crippen LogP contribution in [-0.2, 0) is 38.4 Å². The van der Waals surface area contributed by atoms with Gasteiger partial charge >= 0.3 is 5.97 Å². The Labute approximate surface area is 410 Å². The molecule has 6 aromatic rings. The van der Waals surface area contributed by atoms with E-state index in [2.05, 4.69) is 59.8 Å². The third kappa shape index (κ3) is 12.6. The van der Waals surface area contributed by atoms with Crippen molar-refractivity contribution in [2.75, 3.05) is 39.4 Å². The maximum atomic E-state index is 13.3. The van der Waals surface area contributed by atoms with E-state index >= 15 is 0 Å². The Morgan fingerprint density at radius 1 is 0.786 bits per heavy atom. The molecule has 1 amide bonds. The summed E-state index contributed by atoms with van der Waals surface area (Å²) in [5.74, 6) is 0.900. The minimum Gasteiger partial charge on any atom is -0.497 e. The molecule has 1 unspecified atom stereocenters. The average Bonchev–Trinajstić information content (AvgIpc) is 3.99. The van der Waals surface area contributed by atoms with Crippen molar-refractivity contribution in [2.24, 2.45) is 0 Å². The summed E-state index contributed by atoms with van der Waals surface area (Å²) in [6, 6.07) is 34.8. The van der Waals surface area contributed by atoms with Crippen LogP contribution < -0.4 is 14.8 Å². The summed E-state index contributed by atoms with van der Waals surface area (Å²) < 4.78 is 49.0. The van der Waals surface area contributed by atoms with Crippen molar-refractivity contribution in [1.82, 2.24) is 24.2 Å². The van der Waals surface area contributed by atoms with Gasteiger partial charge in [-0.1, -0.05) is 72.8 Å². The van der Waals surface area contributed by atoms with Crippen molar-refractivity contribution < 1.29 is 47.1 Å². The van der Waals surface area contributed by atoms with Gasteiger partial charge in [-0.15, -0.1) is 0 Å². The number of ketones is 1. The molecular weight excluding hydrogens is 912 g/mol. The highest BCUT2D eigenvalue weighted by Gasteiger charge is 2.45. The second-order valence-electron chi connectivity index (χ2n) is 17.5. The summed E-state index contributed by atoms with van der Waals surface area (Å²) in [6.07, 6.45) is 2.94. The topological polar surface area (TPSA) is 175 Å². The molecule has 17 heteroatoms. The lowest BCUT2D eigenvalue weighted by atomic mass is 9.80. The molecule has 16 nitrogen and oxygen atoms in total. The van der Waals surface area contributed by atoms with Crippen LogP contribution in [0.15, 0.2) is 122 Å². The number of hydrogen-bond acceptors (Lipinski definition) is 14. The summed E-state index contributed by atoms with van der Waals surface area (Å²) in [6.45, 7) is 10.5. The van der Waals surface area contributed by atoms with E-state index < -0.39 is 38.5 Å². The molecule has 3 heterocycles. The van der Waals surface area contributed by atoms with Crippen LogP contribution in [0.25, 0.3) is 11.2 Å². The molecule has 370 valence electrons. The first-order valence-electron chi connectivity index (χ1n) is 23.6. The molecule has 1 fully saturated rings. The van der Waals surface area contributed by atoms with Crippen LogP contribution in [0.4, 0.5) is 5.82 Å². The number of anilines is 1. The SMILES string of the molecule is COc1ccc(C(OC[C@H]2O[C@@H](n3cnc4c(NC(=O)c5ccccc5)ncnc43)C[C@@H]2OP(OCCCCOC(=O)CCC(C)=O)N(C(C)C)C(C)C)(c2ccccc2)c2ccc(OC)cc2)cc1. The number of amides is 1. The number of esters is 1. The van der Waals surface area contributed by atoms with Crippen LogP contribution in [0.5, 0.6) is 11.5 Å². The van der Waals surface area contributed by atoms with E-state index in [4.69, 9.17) is 37.7 Å². The van der Waals surface area contributed by atoms with E-state index in [0.717, 1.165) is 16.7 Å². The number of unbranched alkanes of at least 4 members (excludes halogenated alkanes) is 1. The molecule has 4 atom stereocenters. The van der Waals surface area contributed by atoms with Crippen LogP contribution in [0.3, 0.4) is 0 Å². The third-order valence-electron chi connectivity index (χ3n) is 11.9. The first kappa shape index (κ1) is 51.7. The molecule has 0 spiro atoms. The number of carbonyl (C=O) groups is 3. The van der Waals surface area contributed by atoms with E-state index in [-0.39, 0.29) is 55.6 Å². The van der Waals surface area contributed by atoms with Crippen LogP contribution >= 0.6 is 8.53 Å². The zero-order chi connectivity index (χ0) is 49.6. The molecule has 70 heavy (non-hydrogen) atoms. The molecule has 1 aliphatic heterocycles. The van der Waals surface area contributed by atoms with Gasteiger partial charge in [0, 0.05) is 30.5 Å². The number of hydrogen-bond donors (Lipinski definition) is 1. The Bertz CT molecular complexity index is 2560. The largest absolute Gasteiger partial charge is 0.497 e. The number of carbonyl (C=O) groups excluding carboxylic acids is 3. The minimum atomic E-state index is -1.69. The molecule has 0 saturated carbocycles. The number of Topliss-reactive ketones (excluding diaryl/α,β-unsaturated/α-hetero) is 1. The van der Waals surface area contributed by atoms with E-state index in [1.165, 1.54) is 13.3 Å². The Morgan fingerprint density at radius 3 is 1.99 bits per heavy atom. The van der Waals surface area contributed by atoms with Crippen LogP contribution in [0, 0.1) is 0 Å². The monoisotopic (exact) mass is 974 g/mol. The summed E-state index contributed by atoms with van der Waals surface area (Å²) in [5, 5.41) is 2.90. The van der Waals surface area contributed by atoms with Gasteiger partial charge in [-0.2, -0.15) is 0 Å². The Morgan fingerprint density at radius 2 is 1.39 bits per heavy atom. The minimum absolute atomic E-state index is 0.0517. The molecule has 7 rings (SSSR count).